The highest BCUT2D eigenvalue weighted by molar-refractivity contribution is 5.95. The van der Waals surface area contributed by atoms with Crippen LogP contribution in [0.4, 0.5) is 11.4 Å². The van der Waals surface area contributed by atoms with Crippen molar-refractivity contribution in [1.82, 2.24) is 4.90 Å². The topological polar surface area (TPSA) is 61.4 Å². The Kier molecular flexibility index (Phi) is 6.12. The van der Waals surface area contributed by atoms with Crippen LogP contribution in [0.1, 0.15) is 35.7 Å². The Morgan fingerprint density at radius 2 is 1.74 bits per heavy atom. The van der Waals surface area contributed by atoms with Gasteiger partial charge in [0.2, 0.25) is 5.91 Å². The van der Waals surface area contributed by atoms with Crippen molar-refractivity contribution in [2.24, 2.45) is 5.92 Å². The number of nitrogens with one attached hydrogen (secondary N) is 2. The summed E-state index contributed by atoms with van der Waals surface area (Å²) >= 11 is 0. The van der Waals surface area contributed by atoms with Crippen molar-refractivity contribution in [2.75, 3.05) is 30.3 Å². The van der Waals surface area contributed by atoms with Crippen LogP contribution in [0, 0.1) is 12.8 Å². The Morgan fingerprint density at radius 3 is 2.41 bits per heavy atom. The highest BCUT2D eigenvalue weighted by Gasteiger charge is 2.21. The maximum atomic E-state index is 12.6. The Hall–Kier alpha value is -2.82. The van der Waals surface area contributed by atoms with Gasteiger partial charge in [-0.3, -0.25) is 9.59 Å². The Morgan fingerprint density at radius 1 is 1.04 bits per heavy atom. The Labute approximate surface area is 160 Å². The van der Waals surface area contributed by atoms with Gasteiger partial charge in [0, 0.05) is 30.0 Å². The quantitative estimate of drug-likeness (QED) is 0.844. The van der Waals surface area contributed by atoms with E-state index in [1.165, 1.54) is 0 Å². The summed E-state index contributed by atoms with van der Waals surface area (Å²) in [4.78, 5) is 26.6. The van der Waals surface area contributed by atoms with E-state index in [9.17, 15) is 9.59 Å². The fourth-order valence-electron chi connectivity index (χ4n) is 3.24. The van der Waals surface area contributed by atoms with Gasteiger partial charge in [0.05, 0.1) is 6.54 Å². The molecule has 0 saturated carbocycles. The lowest BCUT2D eigenvalue weighted by Gasteiger charge is -2.30. The lowest BCUT2D eigenvalue weighted by Crippen LogP contribution is -2.37. The third-order valence-corrected chi connectivity index (χ3v) is 4.96. The molecule has 0 radical (unpaired) electrons. The van der Waals surface area contributed by atoms with E-state index in [4.69, 9.17) is 0 Å². The van der Waals surface area contributed by atoms with Crippen LogP contribution in [-0.2, 0) is 4.79 Å². The number of nitrogens with zero attached hydrogens (tertiary/aromatic N) is 1. The van der Waals surface area contributed by atoms with Crippen molar-refractivity contribution in [2.45, 2.75) is 26.7 Å². The van der Waals surface area contributed by atoms with Crippen molar-refractivity contribution >= 4 is 23.2 Å². The molecule has 0 spiro atoms. The molecule has 1 aliphatic heterocycles. The second-order valence-electron chi connectivity index (χ2n) is 7.32. The van der Waals surface area contributed by atoms with Gasteiger partial charge in [-0.1, -0.05) is 19.1 Å². The van der Waals surface area contributed by atoms with Crippen molar-refractivity contribution in [3.05, 3.63) is 59.7 Å². The van der Waals surface area contributed by atoms with E-state index in [1.807, 2.05) is 60.4 Å². The van der Waals surface area contributed by atoms with E-state index >= 15 is 0 Å². The molecule has 1 aliphatic rings. The van der Waals surface area contributed by atoms with E-state index in [1.54, 1.807) is 0 Å². The summed E-state index contributed by atoms with van der Waals surface area (Å²) in [5.41, 5.74) is 3.40. The maximum absolute atomic E-state index is 12.6. The van der Waals surface area contributed by atoms with Gasteiger partial charge in [0.15, 0.2) is 0 Å². The molecular weight excluding hydrogens is 338 g/mol. The van der Waals surface area contributed by atoms with Crippen LogP contribution in [0.3, 0.4) is 0 Å². The number of aryl methyl sites for hydroxylation is 1. The molecule has 1 fully saturated rings. The van der Waals surface area contributed by atoms with E-state index in [2.05, 4.69) is 17.6 Å². The summed E-state index contributed by atoms with van der Waals surface area (Å²) in [6.07, 6.45) is 2.14. The molecule has 1 heterocycles. The van der Waals surface area contributed by atoms with Crippen molar-refractivity contribution in [3.8, 4) is 0 Å². The first kappa shape index (κ1) is 19.0. The minimum Gasteiger partial charge on any atom is -0.376 e. The smallest absolute Gasteiger partial charge is 0.253 e. The normalized spacial score (nSPS) is 14.7. The minimum absolute atomic E-state index is 0.0886. The summed E-state index contributed by atoms with van der Waals surface area (Å²) in [5.74, 6) is 0.681. The molecule has 0 bridgehead atoms. The summed E-state index contributed by atoms with van der Waals surface area (Å²) in [5, 5.41) is 5.96. The molecule has 3 rings (SSSR count). The van der Waals surface area contributed by atoms with Crippen LogP contribution in [0.5, 0.6) is 0 Å². The lowest BCUT2D eigenvalue weighted by atomic mass is 9.98. The molecule has 2 amide bonds. The zero-order valence-corrected chi connectivity index (χ0v) is 16.0. The predicted octanol–water partition coefficient (Wildman–Crippen LogP) is 3.92. The lowest BCUT2D eigenvalue weighted by molar-refractivity contribution is -0.114. The third-order valence-electron chi connectivity index (χ3n) is 4.96. The number of piperidine rings is 1. The van der Waals surface area contributed by atoms with Gasteiger partial charge in [0.25, 0.3) is 5.91 Å². The fourth-order valence-corrected chi connectivity index (χ4v) is 3.24. The number of benzene rings is 2. The number of hydrogen-bond donors (Lipinski definition) is 2. The Bertz CT molecular complexity index is 793. The monoisotopic (exact) mass is 365 g/mol. The zero-order valence-electron chi connectivity index (χ0n) is 16.0. The molecule has 1 saturated heterocycles. The number of likely N-dealkylation sites (tertiary alicyclic amines) is 1. The summed E-state index contributed by atoms with van der Waals surface area (Å²) < 4.78 is 0. The van der Waals surface area contributed by atoms with Gasteiger partial charge in [-0.2, -0.15) is 0 Å². The average molecular weight is 365 g/mol. The number of carbonyl (C=O) groups excluding carboxylic acids is 2. The standard InChI is InChI=1S/C22H27N3O2/c1-16-10-12-25(13-11-16)22(27)18-6-8-19(9-7-18)23-15-21(26)24-20-5-3-4-17(2)14-20/h3-9,14,16,23H,10-13,15H2,1-2H3,(H,24,26). The number of anilines is 2. The summed E-state index contributed by atoms with van der Waals surface area (Å²) in [6, 6.07) is 15.0. The van der Waals surface area contributed by atoms with E-state index in [0.717, 1.165) is 42.9 Å². The fraction of sp³-hybridized carbons (Fsp3) is 0.364. The van der Waals surface area contributed by atoms with E-state index in [-0.39, 0.29) is 18.4 Å². The first-order chi connectivity index (χ1) is 13.0. The molecule has 2 N–H and O–H groups in total. The van der Waals surface area contributed by atoms with Crippen LogP contribution >= 0.6 is 0 Å². The van der Waals surface area contributed by atoms with Gasteiger partial charge >= 0.3 is 0 Å². The van der Waals surface area contributed by atoms with Gasteiger partial charge in [-0.15, -0.1) is 0 Å². The van der Waals surface area contributed by atoms with Crippen molar-refractivity contribution < 1.29 is 9.59 Å². The predicted molar refractivity (Wildman–Crippen MR) is 109 cm³/mol. The molecule has 2 aromatic rings. The van der Waals surface area contributed by atoms with Crippen molar-refractivity contribution in [3.63, 3.8) is 0 Å². The van der Waals surface area contributed by atoms with E-state index in [0.29, 0.717) is 11.5 Å². The molecule has 27 heavy (non-hydrogen) atoms. The number of amides is 2. The molecular formula is C22H27N3O2. The van der Waals surface area contributed by atoms with Crippen LogP contribution in [0.15, 0.2) is 48.5 Å². The first-order valence-electron chi connectivity index (χ1n) is 9.51. The molecule has 0 aromatic heterocycles. The second kappa shape index (κ2) is 8.71. The van der Waals surface area contributed by atoms with Crippen LogP contribution in [-0.4, -0.2) is 36.3 Å². The summed E-state index contributed by atoms with van der Waals surface area (Å²) in [6.45, 7) is 6.06. The largest absolute Gasteiger partial charge is 0.376 e. The number of rotatable bonds is 5. The first-order valence-corrected chi connectivity index (χ1v) is 9.51. The summed E-state index contributed by atoms with van der Waals surface area (Å²) in [7, 11) is 0. The number of hydrogen-bond acceptors (Lipinski definition) is 3. The highest BCUT2D eigenvalue weighted by Crippen LogP contribution is 2.19. The van der Waals surface area contributed by atoms with Crippen LogP contribution in [0.25, 0.3) is 0 Å². The van der Waals surface area contributed by atoms with Crippen LogP contribution in [0.2, 0.25) is 0 Å². The Balaban J connectivity index is 1.50. The van der Waals surface area contributed by atoms with Gasteiger partial charge < -0.3 is 15.5 Å². The minimum atomic E-state index is -0.108. The third kappa shape index (κ3) is 5.33. The molecule has 0 aliphatic carbocycles. The molecule has 5 heteroatoms. The van der Waals surface area contributed by atoms with Gasteiger partial charge in [-0.25, -0.2) is 0 Å². The number of carbonyl (C=O) groups is 2. The molecule has 142 valence electrons. The van der Waals surface area contributed by atoms with Crippen molar-refractivity contribution in [1.29, 1.82) is 0 Å². The SMILES string of the molecule is Cc1cccc(NC(=O)CNc2ccc(C(=O)N3CCC(C)CC3)cc2)c1. The zero-order chi connectivity index (χ0) is 19.2. The highest BCUT2D eigenvalue weighted by atomic mass is 16.2. The average Bonchev–Trinajstić information content (AvgIpc) is 2.67. The van der Waals surface area contributed by atoms with E-state index < -0.39 is 0 Å². The van der Waals surface area contributed by atoms with Gasteiger partial charge in [0.1, 0.15) is 0 Å². The van der Waals surface area contributed by atoms with Crippen LogP contribution < -0.4 is 10.6 Å². The molecule has 2 aromatic carbocycles. The molecule has 0 unspecified atom stereocenters. The molecule has 0 atom stereocenters. The van der Waals surface area contributed by atoms with Gasteiger partial charge in [-0.05, 0) is 67.6 Å². The maximum Gasteiger partial charge on any atom is 0.253 e. The molecule has 5 nitrogen and oxygen atoms in total. The second-order valence-corrected chi connectivity index (χ2v) is 7.32.